The molecule has 0 aromatic rings. The molecule has 0 aromatic heterocycles. The van der Waals surface area contributed by atoms with E-state index in [-0.39, 0.29) is 12.0 Å². The molecule has 2 heterocycles. The summed E-state index contributed by atoms with van der Waals surface area (Å²) in [5.74, 6) is 0.211. The largest absolute Gasteiger partial charge is 0.391 e. The number of piperidine rings is 1. The van der Waals surface area contributed by atoms with Crippen LogP contribution in [0.5, 0.6) is 0 Å². The molecule has 1 amide bonds. The molecule has 1 aliphatic carbocycles. The van der Waals surface area contributed by atoms with Crippen LogP contribution in [0.2, 0.25) is 0 Å². The highest BCUT2D eigenvalue weighted by Gasteiger charge is 2.50. The first-order valence-electron chi connectivity index (χ1n) is 8.57. The summed E-state index contributed by atoms with van der Waals surface area (Å²) in [7, 11) is 0. The third-order valence-electron chi connectivity index (χ3n) is 5.64. The Hall–Kier alpha value is 0.0800. The Labute approximate surface area is 146 Å². The number of piperazine rings is 1. The molecule has 2 saturated heterocycles. The molecule has 2 N–H and O–H groups in total. The zero-order valence-corrected chi connectivity index (χ0v) is 15.6. The van der Waals surface area contributed by atoms with Crippen molar-refractivity contribution < 1.29 is 9.90 Å². The van der Waals surface area contributed by atoms with Crippen molar-refractivity contribution in [2.75, 3.05) is 39.3 Å². The normalized spacial score (nSPS) is 35.1. The topological polar surface area (TPSA) is 55.8 Å². The van der Waals surface area contributed by atoms with Crippen LogP contribution in [0.1, 0.15) is 39.0 Å². The molecule has 2 aliphatic heterocycles. The lowest BCUT2D eigenvalue weighted by molar-refractivity contribution is -0.135. The number of amides is 1. The maximum Gasteiger partial charge on any atom is 0.252 e. The second-order valence-corrected chi connectivity index (χ2v) is 9.52. The van der Waals surface area contributed by atoms with Crippen LogP contribution in [0.3, 0.4) is 0 Å². The van der Waals surface area contributed by atoms with E-state index in [0.717, 1.165) is 58.5 Å². The average molecular weight is 421 g/mol. The number of aliphatic hydroxyl groups excluding tert-OH is 1. The van der Waals surface area contributed by atoms with E-state index >= 15 is 0 Å². The van der Waals surface area contributed by atoms with Gasteiger partial charge in [-0.2, -0.15) is 0 Å². The molecule has 3 aliphatic rings. The van der Waals surface area contributed by atoms with E-state index in [1.165, 1.54) is 12.8 Å². The predicted molar refractivity (Wildman–Crippen MR) is 95.0 cm³/mol. The highest BCUT2D eigenvalue weighted by molar-refractivity contribution is 14.1. The van der Waals surface area contributed by atoms with E-state index in [2.05, 4.69) is 32.8 Å². The molecular formula is C16H28IN3O2. The number of hydrogen-bond acceptors (Lipinski definition) is 4. The minimum Gasteiger partial charge on any atom is -0.391 e. The van der Waals surface area contributed by atoms with Crippen LogP contribution in [0, 0.1) is 5.41 Å². The van der Waals surface area contributed by atoms with Crippen molar-refractivity contribution in [2.45, 2.75) is 48.7 Å². The van der Waals surface area contributed by atoms with Crippen molar-refractivity contribution in [1.82, 2.24) is 15.1 Å². The van der Waals surface area contributed by atoms with Gasteiger partial charge in [-0.15, -0.1) is 0 Å². The molecule has 2 unspecified atom stereocenters. The Bertz CT molecular complexity index is 426. The standard InChI is InChI=1S/C16H28IN3O2/c1-15(17)14(22)20(11-7-18-15)9-3-2-8-19-10-6-16(4-5-16)13(21)12-19/h13,18,21H,2-12H2,1H3. The molecule has 22 heavy (non-hydrogen) atoms. The number of nitrogens with one attached hydrogen (secondary N) is 1. The van der Waals surface area contributed by atoms with Gasteiger partial charge in [-0.25, -0.2) is 0 Å². The first-order valence-corrected chi connectivity index (χ1v) is 9.65. The van der Waals surface area contributed by atoms with Gasteiger partial charge in [0.2, 0.25) is 0 Å². The van der Waals surface area contributed by atoms with Gasteiger partial charge in [-0.1, -0.05) is 22.6 Å². The first-order chi connectivity index (χ1) is 10.4. The lowest BCUT2D eigenvalue weighted by Gasteiger charge is -2.37. The van der Waals surface area contributed by atoms with Crippen molar-refractivity contribution in [3.63, 3.8) is 0 Å². The summed E-state index contributed by atoms with van der Waals surface area (Å²) in [6.45, 7) is 7.54. The molecule has 3 fully saturated rings. The lowest BCUT2D eigenvalue weighted by atomic mass is 9.90. The third kappa shape index (κ3) is 3.60. The van der Waals surface area contributed by atoms with Gasteiger partial charge in [0, 0.05) is 26.2 Å². The van der Waals surface area contributed by atoms with Gasteiger partial charge in [-0.05, 0) is 57.5 Å². The Morgan fingerprint density at radius 1 is 1.27 bits per heavy atom. The number of unbranched alkanes of at least 4 members (excludes halogenated alkanes) is 1. The number of halogens is 1. The number of carbonyl (C=O) groups excluding carboxylic acids is 1. The van der Waals surface area contributed by atoms with Crippen LogP contribution in [-0.4, -0.2) is 69.7 Å². The van der Waals surface area contributed by atoms with Crippen molar-refractivity contribution in [3.8, 4) is 0 Å². The molecule has 2 atom stereocenters. The molecule has 126 valence electrons. The summed E-state index contributed by atoms with van der Waals surface area (Å²) in [5, 5.41) is 13.5. The van der Waals surface area contributed by atoms with E-state index in [1.807, 2.05) is 11.8 Å². The zero-order chi connectivity index (χ0) is 15.8. The average Bonchev–Trinajstić information content (AvgIpc) is 3.24. The minimum absolute atomic E-state index is 0.115. The van der Waals surface area contributed by atoms with Crippen molar-refractivity contribution in [2.24, 2.45) is 5.41 Å². The number of hydrogen-bond donors (Lipinski definition) is 2. The van der Waals surface area contributed by atoms with Gasteiger partial charge < -0.3 is 14.9 Å². The first kappa shape index (κ1) is 16.9. The van der Waals surface area contributed by atoms with Crippen molar-refractivity contribution in [3.05, 3.63) is 0 Å². The fourth-order valence-corrected chi connectivity index (χ4v) is 4.39. The van der Waals surface area contributed by atoms with E-state index < -0.39 is 3.55 Å². The van der Waals surface area contributed by atoms with Crippen LogP contribution in [0.25, 0.3) is 0 Å². The Morgan fingerprint density at radius 2 is 2.00 bits per heavy atom. The highest BCUT2D eigenvalue weighted by atomic mass is 127. The molecular weight excluding hydrogens is 393 g/mol. The number of alkyl halides is 1. The Kier molecular flexibility index (Phi) is 5.02. The highest BCUT2D eigenvalue weighted by Crippen LogP contribution is 2.53. The lowest BCUT2D eigenvalue weighted by Crippen LogP contribution is -2.59. The van der Waals surface area contributed by atoms with Gasteiger partial charge in [0.1, 0.15) is 3.55 Å². The molecule has 6 heteroatoms. The summed E-state index contributed by atoms with van der Waals surface area (Å²) in [6, 6.07) is 0. The molecule has 1 spiro atoms. The number of likely N-dealkylation sites (tertiary alicyclic amines) is 1. The Morgan fingerprint density at radius 3 is 2.68 bits per heavy atom. The van der Waals surface area contributed by atoms with E-state index in [9.17, 15) is 9.90 Å². The van der Waals surface area contributed by atoms with Crippen LogP contribution < -0.4 is 5.32 Å². The maximum absolute atomic E-state index is 12.3. The minimum atomic E-state index is -0.439. The van der Waals surface area contributed by atoms with Gasteiger partial charge in [0.25, 0.3) is 5.91 Å². The summed E-state index contributed by atoms with van der Waals surface area (Å²) < 4.78 is -0.439. The quantitative estimate of drug-likeness (QED) is 0.303. The fourth-order valence-electron chi connectivity index (χ4n) is 3.77. The van der Waals surface area contributed by atoms with Gasteiger partial charge in [-0.3, -0.25) is 10.1 Å². The molecule has 5 nitrogen and oxygen atoms in total. The number of nitrogens with zero attached hydrogens (tertiary/aromatic N) is 2. The molecule has 0 bridgehead atoms. The van der Waals surface area contributed by atoms with E-state index in [1.54, 1.807) is 0 Å². The second kappa shape index (κ2) is 6.53. The molecule has 1 saturated carbocycles. The Balaban J connectivity index is 1.35. The van der Waals surface area contributed by atoms with Crippen molar-refractivity contribution in [1.29, 1.82) is 0 Å². The summed E-state index contributed by atoms with van der Waals surface area (Å²) in [4.78, 5) is 16.7. The molecule has 0 aromatic carbocycles. The van der Waals surface area contributed by atoms with E-state index in [4.69, 9.17) is 0 Å². The van der Waals surface area contributed by atoms with Gasteiger partial charge in [0.05, 0.1) is 6.10 Å². The molecule has 3 rings (SSSR count). The zero-order valence-electron chi connectivity index (χ0n) is 13.5. The van der Waals surface area contributed by atoms with Crippen molar-refractivity contribution >= 4 is 28.5 Å². The summed E-state index contributed by atoms with van der Waals surface area (Å²) in [6.07, 6.45) is 5.66. The van der Waals surface area contributed by atoms with E-state index in [0.29, 0.717) is 5.41 Å². The monoisotopic (exact) mass is 421 g/mol. The summed E-state index contributed by atoms with van der Waals surface area (Å²) in [5.41, 5.74) is 0.300. The number of aliphatic hydroxyl groups is 1. The van der Waals surface area contributed by atoms with Crippen LogP contribution in [0.15, 0.2) is 0 Å². The summed E-state index contributed by atoms with van der Waals surface area (Å²) >= 11 is 2.20. The maximum atomic E-state index is 12.3. The van der Waals surface area contributed by atoms with Gasteiger partial charge in [0.15, 0.2) is 0 Å². The molecule has 0 radical (unpaired) electrons. The van der Waals surface area contributed by atoms with Crippen LogP contribution in [0.4, 0.5) is 0 Å². The smallest absolute Gasteiger partial charge is 0.252 e. The number of β-amino-alcohol motifs (C(OH)–C–C–N with tert-alkyl or cyclic N) is 1. The van der Waals surface area contributed by atoms with Gasteiger partial charge >= 0.3 is 0 Å². The fraction of sp³-hybridized carbons (Fsp3) is 0.938. The van der Waals surface area contributed by atoms with Crippen LogP contribution >= 0.6 is 22.6 Å². The van der Waals surface area contributed by atoms with Crippen LogP contribution in [-0.2, 0) is 4.79 Å². The SMILES string of the molecule is CC1(I)NCCN(CCCCN2CCC3(CC3)C(O)C2)C1=O. The number of carbonyl (C=O) groups is 1. The third-order valence-corrected chi connectivity index (χ3v) is 6.48. The predicted octanol–water partition coefficient (Wildman–Crippen LogP) is 1.20. The second-order valence-electron chi connectivity index (χ2n) is 7.36. The number of rotatable bonds is 5.